The van der Waals surface area contributed by atoms with Crippen LogP contribution in [-0.4, -0.2) is 19.6 Å². The SMILES string of the molecule is CCOc1cc(/C=C(/C#N)C(=O)N[C@@H](C)c2ccccc2)cc(Cl)c1OC. The van der Waals surface area contributed by atoms with Crippen LogP contribution < -0.4 is 14.8 Å². The van der Waals surface area contributed by atoms with Crippen molar-refractivity contribution in [3.05, 3.63) is 64.2 Å². The normalized spacial score (nSPS) is 12.0. The summed E-state index contributed by atoms with van der Waals surface area (Å²) >= 11 is 6.22. The Kier molecular flexibility index (Phi) is 7.27. The number of nitrogens with one attached hydrogen (secondary N) is 1. The van der Waals surface area contributed by atoms with Crippen LogP contribution in [0.2, 0.25) is 5.02 Å². The minimum atomic E-state index is -0.459. The summed E-state index contributed by atoms with van der Waals surface area (Å²) in [6.45, 7) is 4.13. The van der Waals surface area contributed by atoms with Gasteiger partial charge in [0.15, 0.2) is 11.5 Å². The number of nitriles is 1. The van der Waals surface area contributed by atoms with E-state index < -0.39 is 5.91 Å². The average Bonchev–Trinajstić information content (AvgIpc) is 2.66. The van der Waals surface area contributed by atoms with Gasteiger partial charge < -0.3 is 14.8 Å². The molecule has 1 N–H and O–H groups in total. The van der Waals surface area contributed by atoms with Crippen LogP contribution in [0.1, 0.15) is 31.0 Å². The third-order valence-electron chi connectivity index (χ3n) is 3.86. The molecule has 5 nitrogen and oxygen atoms in total. The maximum atomic E-state index is 12.5. The largest absolute Gasteiger partial charge is 0.491 e. The summed E-state index contributed by atoms with van der Waals surface area (Å²) in [5, 5.41) is 12.6. The van der Waals surface area contributed by atoms with Crippen LogP contribution in [0, 0.1) is 11.3 Å². The van der Waals surface area contributed by atoms with Crippen LogP contribution >= 0.6 is 11.6 Å². The Morgan fingerprint density at radius 1 is 1.33 bits per heavy atom. The molecule has 0 saturated carbocycles. The Labute approximate surface area is 164 Å². The van der Waals surface area contributed by atoms with Gasteiger partial charge in [0.2, 0.25) is 0 Å². The summed E-state index contributed by atoms with van der Waals surface area (Å²) < 4.78 is 10.8. The summed E-state index contributed by atoms with van der Waals surface area (Å²) in [5.74, 6) is 0.407. The third kappa shape index (κ3) is 5.25. The molecule has 0 aliphatic heterocycles. The van der Waals surface area contributed by atoms with Crippen LogP contribution in [0.3, 0.4) is 0 Å². The van der Waals surface area contributed by atoms with Gasteiger partial charge >= 0.3 is 0 Å². The quantitative estimate of drug-likeness (QED) is 0.562. The molecule has 0 saturated heterocycles. The summed E-state index contributed by atoms with van der Waals surface area (Å²) in [7, 11) is 1.50. The number of rotatable bonds is 7. The fourth-order valence-corrected chi connectivity index (χ4v) is 2.84. The van der Waals surface area contributed by atoms with Gasteiger partial charge in [-0.05, 0) is 43.2 Å². The number of benzene rings is 2. The van der Waals surface area contributed by atoms with Gasteiger partial charge in [-0.3, -0.25) is 4.79 Å². The first kappa shape index (κ1) is 20.3. The molecule has 1 atom stereocenters. The van der Waals surface area contributed by atoms with E-state index in [1.54, 1.807) is 12.1 Å². The topological polar surface area (TPSA) is 71.3 Å². The molecule has 0 aliphatic carbocycles. The monoisotopic (exact) mass is 384 g/mol. The van der Waals surface area contributed by atoms with Crippen molar-refractivity contribution in [1.82, 2.24) is 5.32 Å². The minimum Gasteiger partial charge on any atom is -0.491 e. The lowest BCUT2D eigenvalue weighted by molar-refractivity contribution is -0.117. The predicted octanol–water partition coefficient (Wildman–Crippen LogP) is 4.53. The van der Waals surface area contributed by atoms with Gasteiger partial charge in [-0.1, -0.05) is 41.9 Å². The predicted molar refractivity (Wildman–Crippen MR) is 106 cm³/mol. The molecule has 1 amide bonds. The molecule has 0 unspecified atom stereocenters. The van der Waals surface area contributed by atoms with Gasteiger partial charge in [-0.2, -0.15) is 5.26 Å². The molecule has 0 spiro atoms. The highest BCUT2D eigenvalue weighted by Gasteiger charge is 2.15. The molecular formula is C21H21ClN2O3. The summed E-state index contributed by atoms with van der Waals surface area (Å²) in [6.07, 6.45) is 1.47. The van der Waals surface area contributed by atoms with Gasteiger partial charge in [0.25, 0.3) is 5.91 Å². The molecule has 2 rings (SSSR count). The van der Waals surface area contributed by atoms with Crippen molar-refractivity contribution in [2.45, 2.75) is 19.9 Å². The van der Waals surface area contributed by atoms with Crippen LogP contribution in [-0.2, 0) is 4.79 Å². The van der Waals surface area contributed by atoms with E-state index in [-0.39, 0.29) is 11.6 Å². The number of amides is 1. The van der Waals surface area contributed by atoms with Crippen LogP contribution in [0.5, 0.6) is 11.5 Å². The summed E-state index contributed by atoms with van der Waals surface area (Å²) in [6, 6.07) is 14.5. The van der Waals surface area contributed by atoms with E-state index in [1.165, 1.54) is 13.2 Å². The van der Waals surface area contributed by atoms with Gasteiger partial charge in [0, 0.05) is 0 Å². The van der Waals surface area contributed by atoms with Crippen molar-refractivity contribution in [3.8, 4) is 17.6 Å². The van der Waals surface area contributed by atoms with E-state index >= 15 is 0 Å². The Hall–Kier alpha value is -2.97. The van der Waals surface area contributed by atoms with E-state index in [4.69, 9.17) is 21.1 Å². The second-order valence-corrected chi connectivity index (χ2v) is 6.15. The van der Waals surface area contributed by atoms with Crippen molar-refractivity contribution in [3.63, 3.8) is 0 Å². The standard InChI is InChI=1S/C21H21ClN2O3/c1-4-27-19-12-15(11-18(22)20(19)26-3)10-17(13-23)21(25)24-14(2)16-8-6-5-7-9-16/h5-12,14H,4H2,1-3H3,(H,24,25)/b17-10-/t14-/m0/s1. The molecule has 2 aromatic rings. The lowest BCUT2D eigenvalue weighted by Crippen LogP contribution is -2.27. The molecule has 0 heterocycles. The van der Waals surface area contributed by atoms with Crippen LogP contribution in [0.25, 0.3) is 6.08 Å². The molecule has 0 aliphatic rings. The highest BCUT2D eigenvalue weighted by Crippen LogP contribution is 2.36. The Morgan fingerprint density at radius 3 is 2.63 bits per heavy atom. The van der Waals surface area contributed by atoms with Crippen molar-refractivity contribution < 1.29 is 14.3 Å². The number of methoxy groups -OCH3 is 1. The van der Waals surface area contributed by atoms with Crippen molar-refractivity contribution in [1.29, 1.82) is 5.26 Å². The zero-order valence-corrected chi connectivity index (χ0v) is 16.2. The Balaban J connectivity index is 2.27. The first-order valence-electron chi connectivity index (χ1n) is 8.48. The molecule has 27 heavy (non-hydrogen) atoms. The van der Waals surface area contributed by atoms with Crippen molar-refractivity contribution in [2.75, 3.05) is 13.7 Å². The molecule has 140 valence electrons. The van der Waals surface area contributed by atoms with E-state index in [0.29, 0.717) is 28.7 Å². The van der Waals surface area contributed by atoms with Crippen LogP contribution in [0.4, 0.5) is 0 Å². The Bertz CT molecular complexity index is 873. The van der Waals surface area contributed by atoms with Crippen molar-refractivity contribution in [2.24, 2.45) is 0 Å². The third-order valence-corrected chi connectivity index (χ3v) is 4.14. The molecule has 0 radical (unpaired) electrons. The van der Waals surface area contributed by atoms with Gasteiger partial charge in [0.1, 0.15) is 11.6 Å². The number of carbonyl (C=O) groups is 1. The van der Waals surface area contributed by atoms with Gasteiger partial charge in [-0.15, -0.1) is 0 Å². The number of hydrogen-bond donors (Lipinski definition) is 1. The maximum absolute atomic E-state index is 12.5. The second-order valence-electron chi connectivity index (χ2n) is 5.74. The lowest BCUT2D eigenvalue weighted by Gasteiger charge is -2.14. The van der Waals surface area contributed by atoms with E-state index in [2.05, 4.69) is 5.32 Å². The molecule has 0 bridgehead atoms. The number of ether oxygens (including phenoxy) is 2. The number of halogens is 1. The number of carbonyl (C=O) groups excluding carboxylic acids is 1. The van der Waals surface area contributed by atoms with E-state index in [9.17, 15) is 10.1 Å². The Morgan fingerprint density at radius 2 is 2.04 bits per heavy atom. The summed E-state index contributed by atoms with van der Waals surface area (Å²) in [5.41, 5.74) is 1.50. The lowest BCUT2D eigenvalue weighted by atomic mass is 10.1. The fourth-order valence-electron chi connectivity index (χ4n) is 2.55. The van der Waals surface area contributed by atoms with Gasteiger partial charge in [-0.25, -0.2) is 0 Å². The van der Waals surface area contributed by atoms with Gasteiger partial charge in [0.05, 0.1) is 24.8 Å². The minimum absolute atomic E-state index is 0.0264. The first-order chi connectivity index (χ1) is 13.0. The summed E-state index contributed by atoms with van der Waals surface area (Å²) in [4.78, 5) is 12.5. The second kappa shape index (κ2) is 9.65. The molecule has 0 fully saturated rings. The zero-order chi connectivity index (χ0) is 19.8. The molecule has 0 aromatic heterocycles. The highest BCUT2D eigenvalue weighted by molar-refractivity contribution is 6.32. The fraction of sp³-hybridized carbons (Fsp3) is 0.238. The number of nitrogens with zero attached hydrogens (tertiary/aromatic N) is 1. The highest BCUT2D eigenvalue weighted by atomic mass is 35.5. The van der Waals surface area contributed by atoms with E-state index in [1.807, 2.05) is 50.2 Å². The number of hydrogen-bond acceptors (Lipinski definition) is 4. The molecular weight excluding hydrogens is 364 g/mol. The molecule has 6 heteroatoms. The van der Waals surface area contributed by atoms with E-state index in [0.717, 1.165) is 5.56 Å². The van der Waals surface area contributed by atoms with Crippen molar-refractivity contribution >= 4 is 23.6 Å². The maximum Gasteiger partial charge on any atom is 0.262 e. The molecule has 2 aromatic carbocycles. The zero-order valence-electron chi connectivity index (χ0n) is 15.5. The first-order valence-corrected chi connectivity index (χ1v) is 8.85. The smallest absolute Gasteiger partial charge is 0.262 e. The van der Waals surface area contributed by atoms with Crippen LogP contribution in [0.15, 0.2) is 48.0 Å². The average molecular weight is 385 g/mol.